The van der Waals surface area contributed by atoms with Gasteiger partial charge in [0.25, 0.3) is 5.91 Å². The molecule has 156 valence electrons. The molecule has 1 fully saturated rings. The van der Waals surface area contributed by atoms with E-state index in [-0.39, 0.29) is 11.6 Å². The van der Waals surface area contributed by atoms with Gasteiger partial charge < -0.3 is 15.3 Å². The van der Waals surface area contributed by atoms with Crippen molar-refractivity contribution >= 4 is 22.4 Å². The van der Waals surface area contributed by atoms with Crippen LogP contribution in [0.5, 0.6) is 0 Å². The van der Waals surface area contributed by atoms with E-state index in [1.165, 1.54) is 4.90 Å². The molecule has 1 saturated heterocycles. The average Bonchev–Trinajstić information content (AvgIpc) is 2.74. The molecule has 2 aromatic carbocycles. The Morgan fingerprint density at radius 3 is 2.70 bits per heavy atom. The van der Waals surface area contributed by atoms with Gasteiger partial charge in [-0.15, -0.1) is 0 Å². The molecular formula is C23H23F2N3O2. The highest BCUT2D eigenvalue weighted by atomic mass is 19.1. The van der Waals surface area contributed by atoms with Gasteiger partial charge in [0.1, 0.15) is 11.6 Å². The Bertz CT molecular complexity index is 1080. The van der Waals surface area contributed by atoms with Crippen molar-refractivity contribution in [1.82, 2.24) is 9.88 Å². The number of hydrogen-bond acceptors (Lipinski definition) is 4. The van der Waals surface area contributed by atoms with Crippen LogP contribution in [0.2, 0.25) is 0 Å². The van der Waals surface area contributed by atoms with E-state index in [2.05, 4.69) is 10.3 Å². The fourth-order valence-corrected chi connectivity index (χ4v) is 4.03. The summed E-state index contributed by atoms with van der Waals surface area (Å²) >= 11 is 0. The van der Waals surface area contributed by atoms with E-state index in [4.69, 9.17) is 0 Å². The van der Waals surface area contributed by atoms with Crippen LogP contribution in [0.4, 0.5) is 14.5 Å². The number of benzene rings is 2. The van der Waals surface area contributed by atoms with Gasteiger partial charge in [-0.2, -0.15) is 0 Å². The van der Waals surface area contributed by atoms with E-state index in [0.717, 1.165) is 34.2 Å². The van der Waals surface area contributed by atoms with Crippen LogP contribution in [0.3, 0.4) is 0 Å². The number of pyridine rings is 1. The molecule has 1 unspecified atom stereocenters. The molecule has 1 aliphatic heterocycles. The maximum atomic E-state index is 13.9. The summed E-state index contributed by atoms with van der Waals surface area (Å²) in [6.07, 6.45) is 3.44. The SMILES string of the molecule is Cc1cncc2cccc(NC3CCN(C(=O)C(O)c4ccc(F)cc4F)CC3)c12. The van der Waals surface area contributed by atoms with Crippen molar-refractivity contribution in [1.29, 1.82) is 0 Å². The van der Waals surface area contributed by atoms with Crippen LogP contribution in [0, 0.1) is 18.6 Å². The van der Waals surface area contributed by atoms with Crippen LogP contribution in [0.15, 0.2) is 48.8 Å². The van der Waals surface area contributed by atoms with Crippen molar-refractivity contribution in [3.05, 3.63) is 71.6 Å². The third-order valence-electron chi connectivity index (χ3n) is 5.63. The number of nitrogens with zero attached hydrogens (tertiary/aromatic N) is 2. The smallest absolute Gasteiger partial charge is 0.256 e. The van der Waals surface area contributed by atoms with Gasteiger partial charge in [-0.1, -0.05) is 18.2 Å². The topological polar surface area (TPSA) is 65.5 Å². The summed E-state index contributed by atoms with van der Waals surface area (Å²) in [5.41, 5.74) is 1.92. The number of carbonyl (C=O) groups excluding carboxylic acids is 1. The normalized spacial score (nSPS) is 15.9. The Kier molecular flexibility index (Phi) is 5.63. The number of hydrogen-bond donors (Lipinski definition) is 2. The van der Waals surface area contributed by atoms with Crippen LogP contribution in [0.1, 0.15) is 30.1 Å². The number of aliphatic hydroxyl groups excluding tert-OH is 1. The van der Waals surface area contributed by atoms with Crippen molar-refractivity contribution in [2.45, 2.75) is 31.9 Å². The Morgan fingerprint density at radius 1 is 1.20 bits per heavy atom. The predicted octanol–water partition coefficient (Wildman–Crippen LogP) is 3.96. The Balaban J connectivity index is 1.41. The minimum atomic E-state index is -1.64. The third kappa shape index (κ3) is 3.98. The lowest BCUT2D eigenvalue weighted by atomic mass is 10.0. The third-order valence-corrected chi connectivity index (χ3v) is 5.63. The largest absolute Gasteiger partial charge is 0.382 e. The van der Waals surface area contributed by atoms with Crippen LogP contribution in [-0.2, 0) is 4.79 Å². The minimum Gasteiger partial charge on any atom is -0.382 e. The fourth-order valence-electron chi connectivity index (χ4n) is 4.03. The second-order valence-corrected chi connectivity index (χ2v) is 7.67. The van der Waals surface area contributed by atoms with Crippen LogP contribution < -0.4 is 5.32 Å². The molecule has 1 aliphatic rings. The van der Waals surface area contributed by atoms with E-state index in [9.17, 15) is 18.7 Å². The number of piperidine rings is 1. The second kappa shape index (κ2) is 8.36. The van der Waals surface area contributed by atoms with E-state index in [0.29, 0.717) is 32.0 Å². The molecule has 2 heterocycles. The molecule has 0 saturated carbocycles. The van der Waals surface area contributed by atoms with Gasteiger partial charge >= 0.3 is 0 Å². The lowest BCUT2D eigenvalue weighted by Crippen LogP contribution is -2.44. The van der Waals surface area contributed by atoms with Crippen LogP contribution in [0.25, 0.3) is 10.8 Å². The van der Waals surface area contributed by atoms with Gasteiger partial charge in [-0.05, 0) is 37.5 Å². The number of nitrogens with one attached hydrogen (secondary N) is 1. The number of amides is 1. The van der Waals surface area contributed by atoms with Gasteiger partial charge in [-0.3, -0.25) is 9.78 Å². The second-order valence-electron chi connectivity index (χ2n) is 7.67. The van der Waals surface area contributed by atoms with E-state index < -0.39 is 23.6 Å². The first-order valence-corrected chi connectivity index (χ1v) is 9.95. The van der Waals surface area contributed by atoms with Crippen LogP contribution in [-0.4, -0.2) is 40.0 Å². The molecule has 0 radical (unpaired) electrons. The molecule has 1 atom stereocenters. The zero-order valence-corrected chi connectivity index (χ0v) is 16.6. The number of fused-ring (bicyclic) bond motifs is 1. The molecule has 1 amide bonds. The number of aryl methyl sites for hydroxylation is 1. The van der Waals surface area contributed by atoms with Crippen molar-refractivity contribution < 1.29 is 18.7 Å². The molecule has 1 aromatic heterocycles. The number of anilines is 1. The van der Waals surface area contributed by atoms with E-state index in [1.807, 2.05) is 37.5 Å². The first kappa shape index (κ1) is 20.2. The van der Waals surface area contributed by atoms with E-state index in [1.54, 1.807) is 0 Å². The summed E-state index contributed by atoms with van der Waals surface area (Å²) in [7, 11) is 0. The maximum absolute atomic E-state index is 13.9. The standard InChI is InChI=1S/C23H23F2N3O2/c1-14-12-26-13-15-3-2-4-20(21(14)15)27-17-7-9-28(10-8-17)23(30)22(29)18-6-5-16(24)11-19(18)25/h2-6,11-13,17,22,27,29H,7-10H2,1H3. The Hall–Kier alpha value is -3.06. The number of aromatic nitrogens is 1. The van der Waals surface area contributed by atoms with Gasteiger partial charge in [0.05, 0.1) is 0 Å². The van der Waals surface area contributed by atoms with Gasteiger partial charge in [-0.25, -0.2) is 8.78 Å². The van der Waals surface area contributed by atoms with Gasteiger partial charge in [0, 0.05) is 59.6 Å². The summed E-state index contributed by atoms with van der Waals surface area (Å²) in [5.74, 6) is -2.23. The van der Waals surface area contributed by atoms with E-state index >= 15 is 0 Å². The summed E-state index contributed by atoms with van der Waals surface area (Å²) in [6, 6.07) is 9.03. The predicted molar refractivity (Wildman–Crippen MR) is 111 cm³/mol. The summed E-state index contributed by atoms with van der Waals surface area (Å²) in [4.78, 5) is 18.4. The van der Waals surface area contributed by atoms with Crippen molar-refractivity contribution in [3.63, 3.8) is 0 Å². The van der Waals surface area contributed by atoms with Gasteiger partial charge in [0.15, 0.2) is 6.10 Å². The number of rotatable bonds is 4. The molecule has 4 rings (SSSR count). The number of aliphatic hydroxyl groups is 1. The highest BCUT2D eigenvalue weighted by Gasteiger charge is 2.29. The monoisotopic (exact) mass is 411 g/mol. The zero-order chi connectivity index (χ0) is 21.3. The number of likely N-dealkylation sites (tertiary alicyclic amines) is 1. The Morgan fingerprint density at radius 2 is 1.97 bits per heavy atom. The van der Waals surface area contributed by atoms with Crippen molar-refractivity contribution in [2.24, 2.45) is 0 Å². The molecule has 0 bridgehead atoms. The van der Waals surface area contributed by atoms with Crippen LogP contribution >= 0.6 is 0 Å². The zero-order valence-electron chi connectivity index (χ0n) is 16.6. The first-order valence-electron chi connectivity index (χ1n) is 9.95. The molecular weight excluding hydrogens is 388 g/mol. The highest BCUT2D eigenvalue weighted by molar-refractivity contribution is 5.95. The lowest BCUT2D eigenvalue weighted by molar-refractivity contribution is -0.141. The van der Waals surface area contributed by atoms with Gasteiger partial charge in [0.2, 0.25) is 0 Å². The average molecular weight is 411 g/mol. The molecule has 0 spiro atoms. The highest BCUT2D eigenvalue weighted by Crippen LogP contribution is 2.28. The first-order chi connectivity index (χ1) is 14.4. The summed E-state index contributed by atoms with van der Waals surface area (Å²) in [5, 5.41) is 16.1. The van der Waals surface area contributed by atoms with Crippen molar-refractivity contribution in [3.8, 4) is 0 Å². The molecule has 3 aromatic rings. The maximum Gasteiger partial charge on any atom is 0.256 e. The number of carbonyl (C=O) groups is 1. The van der Waals surface area contributed by atoms with Crippen molar-refractivity contribution in [2.75, 3.05) is 18.4 Å². The molecule has 5 nitrogen and oxygen atoms in total. The minimum absolute atomic E-state index is 0.173. The molecule has 0 aliphatic carbocycles. The summed E-state index contributed by atoms with van der Waals surface area (Å²) < 4.78 is 27.0. The molecule has 2 N–H and O–H groups in total. The molecule has 7 heteroatoms. The molecule has 30 heavy (non-hydrogen) atoms. The summed E-state index contributed by atoms with van der Waals surface area (Å²) in [6.45, 7) is 2.92. The fraction of sp³-hybridized carbons (Fsp3) is 0.304. The Labute approximate surface area is 173 Å². The quantitative estimate of drug-likeness (QED) is 0.682. The number of halogens is 2. The lowest BCUT2D eigenvalue weighted by Gasteiger charge is -2.34.